The van der Waals surface area contributed by atoms with E-state index in [9.17, 15) is 8.42 Å². The molecule has 0 aliphatic carbocycles. The van der Waals surface area contributed by atoms with Crippen LogP contribution in [0.4, 0.5) is 5.69 Å². The Morgan fingerprint density at radius 3 is 2.50 bits per heavy atom. The maximum Gasteiger partial charge on any atom is 0.261 e. The third-order valence-electron chi connectivity index (χ3n) is 4.11. The Balaban J connectivity index is 1.52. The summed E-state index contributed by atoms with van der Waals surface area (Å²) < 4.78 is 34.7. The number of nitrogens with zero attached hydrogens (tertiary/aromatic N) is 2. The van der Waals surface area contributed by atoms with Gasteiger partial charge in [0.2, 0.25) is 0 Å². The summed E-state index contributed by atoms with van der Waals surface area (Å²) >= 11 is 1.75. The average Bonchev–Trinajstić information content (AvgIpc) is 3.24. The van der Waals surface area contributed by atoms with Crippen LogP contribution >= 0.6 is 11.8 Å². The molecule has 0 unspecified atom stereocenters. The van der Waals surface area contributed by atoms with E-state index in [0.717, 1.165) is 28.7 Å². The summed E-state index contributed by atoms with van der Waals surface area (Å²) in [6.07, 6.45) is 2.03. The minimum atomic E-state index is -3.64. The van der Waals surface area contributed by atoms with E-state index in [-0.39, 0.29) is 4.90 Å². The Hall–Kier alpha value is -2.45. The highest BCUT2D eigenvalue weighted by atomic mass is 32.2. The second-order valence-corrected chi connectivity index (χ2v) is 8.55. The molecular weight excluding hydrogens is 370 g/mol. The lowest BCUT2D eigenvalue weighted by Gasteiger charge is -2.09. The highest BCUT2D eigenvalue weighted by Crippen LogP contribution is 2.29. The van der Waals surface area contributed by atoms with Crippen molar-refractivity contribution < 1.29 is 13.2 Å². The van der Waals surface area contributed by atoms with Gasteiger partial charge in [0.25, 0.3) is 10.0 Å². The average molecular weight is 387 g/mol. The lowest BCUT2D eigenvalue weighted by molar-refractivity contribution is 0.414. The SMILES string of the molecule is COc1ccc(S(=O)(=O)Nc2ccc(-c3cn4c(n3)SCC4)cc2)cc1. The molecule has 0 atom stereocenters. The molecule has 1 aliphatic heterocycles. The third-order valence-corrected chi connectivity index (χ3v) is 6.47. The fraction of sp³-hybridized carbons (Fsp3) is 0.167. The molecule has 134 valence electrons. The summed E-state index contributed by atoms with van der Waals surface area (Å²) in [5.74, 6) is 1.67. The number of sulfonamides is 1. The zero-order valence-electron chi connectivity index (χ0n) is 14.0. The molecule has 0 fully saturated rings. The number of imidazole rings is 1. The highest BCUT2D eigenvalue weighted by molar-refractivity contribution is 7.99. The van der Waals surface area contributed by atoms with Crippen molar-refractivity contribution in [3.63, 3.8) is 0 Å². The number of ether oxygens (including phenoxy) is 1. The van der Waals surface area contributed by atoms with E-state index in [1.54, 1.807) is 36.0 Å². The van der Waals surface area contributed by atoms with Crippen molar-refractivity contribution in [1.82, 2.24) is 9.55 Å². The van der Waals surface area contributed by atoms with Crippen molar-refractivity contribution in [2.24, 2.45) is 0 Å². The number of fused-ring (bicyclic) bond motifs is 1. The monoisotopic (exact) mass is 387 g/mol. The molecule has 26 heavy (non-hydrogen) atoms. The molecule has 1 N–H and O–H groups in total. The van der Waals surface area contributed by atoms with Crippen LogP contribution in [0.2, 0.25) is 0 Å². The first-order valence-electron chi connectivity index (χ1n) is 8.02. The second kappa shape index (κ2) is 6.69. The van der Waals surface area contributed by atoms with Crippen LogP contribution < -0.4 is 9.46 Å². The molecule has 0 radical (unpaired) electrons. The van der Waals surface area contributed by atoms with Crippen LogP contribution in [0.15, 0.2) is 64.8 Å². The predicted molar refractivity (Wildman–Crippen MR) is 102 cm³/mol. The van der Waals surface area contributed by atoms with Gasteiger partial charge in [0.05, 0.1) is 17.7 Å². The van der Waals surface area contributed by atoms with Gasteiger partial charge in [-0.3, -0.25) is 4.72 Å². The van der Waals surface area contributed by atoms with Crippen LogP contribution in [-0.2, 0) is 16.6 Å². The van der Waals surface area contributed by atoms with Gasteiger partial charge < -0.3 is 9.30 Å². The number of thioether (sulfide) groups is 1. The molecule has 0 spiro atoms. The molecule has 1 aliphatic rings. The third kappa shape index (κ3) is 3.30. The van der Waals surface area contributed by atoms with Crippen molar-refractivity contribution in [3.8, 4) is 17.0 Å². The molecule has 0 saturated carbocycles. The van der Waals surface area contributed by atoms with Gasteiger partial charge >= 0.3 is 0 Å². The molecule has 2 aromatic carbocycles. The zero-order chi connectivity index (χ0) is 18.1. The number of anilines is 1. The van der Waals surface area contributed by atoms with E-state index < -0.39 is 10.0 Å². The Labute approximate surface area is 156 Å². The van der Waals surface area contributed by atoms with Crippen molar-refractivity contribution >= 4 is 27.5 Å². The van der Waals surface area contributed by atoms with Crippen molar-refractivity contribution in [1.29, 1.82) is 0 Å². The summed E-state index contributed by atoms with van der Waals surface area (Å²) in [6, 6.07) is 13.5. The van der Waals surface area contributed by atoms with Crippen LogP contribution in [0, 0.1) is 0 Å². The summed E-state index contributed by atoms with van der Waals surface area (Å²) in [4.78, 5) is 4.79. The quantitative estimate of drug-likeness (QED) is 0.726. The molecule has 6 nitrogen and oxygen atoms in total. The lowest BCUT2D eigenvalue weighted by atomic mass is 10.1. The number of aryl methyl sites for hydroxylation is 1. The van der Waals surface area contributed by atoms with Crippen molar-refractivity contribution in [2.75, 3.05) is 17.6 Å². The van der Waals surface area contributed by atoms with E-state index in [0.29, 0.717) is 11.4 Å². The van der Waals surface area contributed by atoms with Crippen LogP contribution in [0.1, 0.15) is 0 Å². The van der Waals surface area contributed by atoms with Gasteiger partial charge in [-0.2, -0.15) is 0 Å². The summed E-state index contributed by atoms with van der Waals surface area (Å²) in [6.45, 7) is 0.979. The minimum absolute atomic E-state index is 0.185. The molecule has 0 bridgehead atoms. The summed E-state index contributed by atoms with van der Waals surface area (Å²) in [5.41, 5.74) is 2.36. The number of hydrogen-bond donors (Lipinski definition) is 1. The highest BCUT2D eigenvalue weighted by Gasteiger charge is 2.16. The molecule has 1 aromatic heterocycles. The van der Waals surface area contributed by atoms with Crippen molar-refractivity contribution in [3.05, 3.63) is 54.7 Å². The molecular formula is C18H17N3O3S2. The maximum absolute atomic E-state index is 12.5. The molecule has 3 aromatic rings. The topological polar surface area (TPSA) is 73.2 Å². The number of methoxy groups -OCH3 is 1. The normalized spacial score (nSPS) is 13.4. The first kappa shape index (κ1) is 17.0. The van der Waals surface area contributed by atoms with Crippen LogP contribution in [-0.4, -0.2) is 30.8 Å². The molecule has 8 heteroatoms. The lowest BCUT2D eigenvalue weighted by Crippen LogP contribution is -2.12. The first-order chi connectivity index (χ1) is 12.5. The molecule has 2 heterocycles. The van der Waals surface area contributed by atoms with Crippen molar-refractivity contribution in [2.45, 2.75) is 16.6 Å². The van der Waals surface area contributed by atoms with Gasteiger partial charge in [-0.25, -0.2) is 13.4 Å². The van der Waals surface area contributed by atoms with E-state index in [2.05, 4.69) is 14.3 Å². The minimum Gasteiger partial charge on any atom is -0.497 e. The van der Waals surface area contributed by atoms with E-state index >= 15 is 0 Å². The summed E-state index contributed by atoms with van der Waals surface area (Å²) in [7, 11) is -2.10. The van der Waals surface area contributed by atoms with Gasteiger partial charge in [0.15, 0.2) is 5.16 Å². The van der Waals surface area contributed by atoms with Gasteiger partial charge in [0.1, 0.15) is 5.75 Å². The Morgan fingerprint density at radius 1 is 1.12 bits per heavy atom. The van der Waals surface area contributed by atoms with E-state index in [4.69, 9.17) is 4.74 Å². The molecule has 0 amide bonds. The van der Waals surface area contributed by atoms with E-state index in [1.807, 2.05) is 18.3 Å². The number of hydrogen-bond acceptors (Lipinski definition) is 5. The number of benzene rings is 2. The zero-order valence-corrected chi connectivity index (χ0v) is 15.7. The molecule has 4 rings (SSSR count). The van der Waals surface area contributed by atoms with Gasteiger partial charge in [-0.05, 0) is 36.4 Å². The maximum atomic E-state index is 12.5. The largest absolute Gasteiger partial charge is 0.497 e. The van der Waals surface area contributed by atoms with E-state index in [1.165, 1.54) is 19.2 Å². The number of rotatable bonds is 5. The first-order valence-corrected chi connectivity index (χ1v) is 10.5. The smallest absolute Gasteiger partial charge is 0.261 e. The number of nitrogens with one attached hydrogen (secondary N) is 1. The van der Waals surface area contributed by atoms with Crippen LogP contribution in [0.5, 0.6) is 5.75 Å². The standard InChI is InChI=1S/C18H17N3O3S2/c1-24-15-6-8-16(9-7-15)26(22,23)20-14-4-2-13(3-5-14)17-12-21-10-11-25-18(21)19-17/h2-9,12,20H,10-11H2,1H3. The number of aromatic nitrogens is 2. The molecule has 0 saturated heterocycles. The van der Waals surface area contributed by atoms with Gasteiger partial charge in [-0.1, -0.05) is 23.9 Å². The predicted octanol–water partition coefficient (Wildman–Crippen LogP) is 3.47. The Bertz CT molecular complexity index is 1010. The fourth-order valence-electron chi connectivity index (χ4n) is 2.73. The van der Waals surface area contributed by atoms with Crippen LogP contribution in [0.25, 0.3) is 11.3 Å². The Kier molecular flexibility index (Phi) is 4.37. The van der Waals surface area contributed by atoms with Gasteiger partial charge in [-0.15, -0.1) is 0 Å². The summed E-state index contributed by atoms with van der Waals surface area (Å²) in [5, 5.41) is 1.03. The fourth-order valence-corrected chi connectivity index (χ4v) is 4.73. The second-order valence-electron chi connectivity index (χ2n) is 5.81. The Morgan fingerprint density at radius 2 is 1.85 bits per heavy atom. The van der Waals surface area contributed by atoms with Crippen LogP contribution in [0.3, 0.4) is 0 Å². The van der Waals surface area contributed by atoms with Gasteiger partial charge in [0, 0.05) is 29.7 Å².